The first-order chi connectivity index (χ1) is 10.2. The minimum Gasteiger partial charge on any atom is -0.373 e. The topological polar surface area (TPSA) is 70.2 Å². The molecule has 0 radical (unpaired) electrons. The Hall–Kier alpha value is -1.69. The van der Waals surface area contributed by atoms with Crippen molar-refractivity contribution in [3.63, 3.8) is 0 Å². The Kier molecular flexibility index (Phi) is 4.05. The van der Waals surface area contributed by atoms with Crippen molar-refractivity contribution in [1.29, 1.82) is 0 Å². The number of nitrogens with one attached hydrogen (secondary N) is 2. The van der Waals surface area contributed by atoms with Gasteiger partial charge in [0.15, 0.2) is 0 Å². The van der Waals surface area contributed by atoms with E-state index >= 15 is 0 Å². The highest BCUT2D eigenvalue weighted by atomic mass is 16.2. The number of hydrogen-bond donors (Lipinski definition) is 2. The fraction of sp³-hybridized carbons (Fsp3) is 0.667. The fourth-order valence-corrected chi connectivity index (χ4v) is 3.14. The van der Waals surface area contributed by atoms with Crippen LogP contribution in [0, 0.1) is 0 Å². The average molecular weight is 289 g/mol. The molecule has 2 aliphatic heterocycles. The van der Waals surface area contributed by atoms with Gasteiger partial charge in [0.2, 0.25) is 5.91 Å². The number of carbonyl (C=O) groups excluding carboxylic acids is 1. The molecule has 1 saturated heterocycles. The Labute approximate surface area is 125 Å². The van der Waals surface area contributed by atoms with Crippen molar-refractivity contribution < 1.29 is 4.79 Å². The Bertz CT molecular complexity index is 522. The monoisotopic (exact) mass is 289 g/mol. The zero-order chi connectivity index (χ0) is 14.8. The van der Waals surface area contributed by atoms with E-state index in [2.05, 4.69) is 10.6 Å². The Morgan fingerprint density at radius 3 is 2.90 bits per heavy atom. The van der Waals surface area contributed by atoms with Gasteiger partial charge in [-0.1, -0.05) is 6.42 Å². The number of carbonyl (C=O) groups is 1. The van der Waals surface area contributed by atoms with E-state index in [4.69, 9.17) is 9.97 Å². The lowest BCUT2D eigenvalue weighted by Gasteiger charge is -2.30. The number of amides is 1. The molecule has 0 aliphatic carbocycles. The van der Waals surface area contributed by atoms with Gasteiger partial charge in [0, 0.05) is 32.5 Å². The van der Waals surface area contributed by atoms with E-state index in [1.165, 1.54) is 12.8 Å². The third kappa shape index (κ3) is 2.85. The minimum absolute atomic E-state index is 0.112. The third-order valence-corrected chi connectivity index (χ3v) is 4.38. The highest BCUT2D eigenvalue weighted by Gasteiger charge is 2.26. The van der Waals surface area contributed by atoms with Crippen LogP contribution in [0.5, 0.6) is 0 Å². The van der Waals surface area contributed by atoms with Gasteiger partial charge in [0.05, 0.1) is 18.3 Å². The first kappa shape index (κ1) is 14.3. The van der Waals surface area contributed by atoms with Crippen LogP contribution in [0.1, 0.15) is 49.3 Å². The maximum Gasteiger partial charge on any atom is 0.219 e. The summed E-state index contributed by atoms with van der Waals surface area (Å²) >= 11 is 0. The Morgan fingerprint density at radius 1 is 1.38 bits per heavy atom. The zero-order valence-electron chi connectivity index (χ0n) is 12.8. The van der Waals surface area contributed by atoms with Crippen LogP contribution in [0.4, 0.5) is 5.82 Å². The van der Waals surface area contributed by atoms with Crippen LogP contribution < -0.4 is 10.6 Å². The van der Waals surface area contributed by atoms with Crippen molar-refractivity contribution in [2.75, 3.05) is 25.5 Å². The summed E-state index contributed by atoms with van der Waals surface area (Å²) in [6.07, 6.45) is 4.37. The molecule has 6 nitrogen and oxygen atoms in total. The lowest BCUT2D eigenvalue weighted by atomic mass is 10.0. The van der Waals surface area contributed by atoms with E-state index < -0.39 is 0 Å². The molecule has 1 fully saturated rings. The van der Waals surface area contributed by atoms with Crippen LogP contribution in [-0.4, -0.2) is 40.9 Å². The first-order valence-electron chi connectivity index (χ1n) is 7.75. The van der Waals surface area contributed by atoms with E-state index in [0.29, 0.717) is 6.54 Å². The number of nitrogens with zero attached hydrogens (tertiary/aromatic N) is 3. The average Bonchev–Trinajstić information content (AvgIpc) is 2.54. The second-order valence-corrected chi connectivity index (χ2v) is 5.80. The van der Waals surface area contributed by atoms with E-state index in [0.717, 1.165) is 48.8 Å². The molecule has 3 heterocycles. The minimum atomic E-state index is 0.112. The lowest BCUT2D eigenvalue weighted by molar-refractivity contribution is -0.129. The van der Waals surface area contributed by atoms with Gasteiger partial charge in [-0.3, -0.25) is 4.79 Å². The second kappa shape index (κ2) is 5.97. The van der Waals surface area contributed by atoms with Gasteiger partial charge in [-0.05, 0) is 19.4 Å². The van der Waals surface area contributed by atoms with Crippen LogP contribution >= 0.6 is 0 Å². The van der Waals surface area contributed by atoms with Crippen molar-refractivity contribution in [2.45, 2.75) is 45.2 Å². The zero-order valence-corrected chi connectivity index (χ0v) is 12.8. The Balaban J connectivity index is 1.91. The van der Waals surface area contributed by atoms with Crippen molar-refractivity contribution in [3.8, 4) is 0 Å². The molecule has 1 amide bonds. The number of piperidine rings is 1. The number of fused-ring (bicyclic) bond motifs is 1. The molecule has 1 atom stereocenters. The van der Waals surface area contributed by atoms with Gasteiger partial charge in [-0.25, -0.2) is 9.97 Å². The lowest BCUT2D eigenvalue weighted by Crippen LogP contribution is -2.36. The van der Waals surface area contributed by atoms with Gasteiger partial charge < -0.3 is 15.5 Å². The quantitative estimate of drug-likeness (QED) is 0.857. The summed E-state index contributed by atoms with van der Waals surface area (Å²) in [5.74, 6) is 1.88. The SMILES string of the molecule is CNc1nc(C2CCCCN2)nc2c1CN(C(C)=O)CC2. The summed E-state index contributed by atoms with van der Waals surface area (Å²) in [5.41, 5.74) is 2.16. The summed E-state index contributed by atoms with van der Waals surface area (Å²) in [6, 6.07) is 0.266. The first-order valence-corrected chi connectivity index (χ1v) is 7.75. The molecule has 114 valence electrons. The summed E-state index contributed by atoms with van der Waals surface area (Å²) in [4.78, 5) is 22.9. The molecule has 1 aromatic rings. The maximum atomic E-state index is 11.6. The molecule has 0 spiro atoms. The standard InChI is InChI=1S/C15H23N5O/c1-10(21)20-8-6-12-11(9-20)14(16-2)19-15(18-12)13-5-3-4-7-17-13/h13,17H,3-9H2,1-2H3,(H,16,18,19). The molecule has 0 bridgehead atoms. The molecular formula is C15H23N5O. The Morgan fingerprint density at radius 2 is 2.24 bits per heavy atom. The molecule has 6 heteroatoms. The van der Waals surface area contributed by atoms with Gasteiger partial charge in [-0.15, -0.1) is 0 Å². The number of anilines is 1. The van der Waals surface area contributed by atoms with Crippen LogP contribution in [-0.2, 0) is 17.8 Å². The molecule has 2 N–H and O–H groups in total. The van der Waals surface area contributed by atoms with E-state index in [1.54, 1.807) is 6.92 Å². The molecule has 0 saturated carbocycles. The van der Waals surface area contributed by atoms with Crippen LogP contribution in [0.3, 0.4) is 0 Å². The summed E-state index contributed by atoms with van der Waals surface area (Å²) in [6.45, 7) is 4.02. The molecule has 1 unspecified atom stereocenters. The molecule has 1 aromatic heterocycles. The summed E-state index contributed by atoms with van der Waals surface area (Å²) in [5, 5.41) is 6.68. The highest BCUT2D eigenvalue weighted by molar-refractivity contribution is 5.74. The molecular weight excluding hydrogens is 266 g/mol. The highest BCUT2D eigenvalue weighted by Crippen LogP contribution is 2.27. The number of rotatable bonds is 2. The van der Waals surface area contributed by atoms with E-state index in [1.807, 2.05) is 11.9 Å². The smallest absolute Gasteiger partial charge is 0.219 e. The van der Waals surface area contributed by atoms with Gasteiger partial charge >= 0.3 is 0 Å². The van der Waals surface area contributed by atoms with Crippen LogP contribution in [0.15, 0.2) is 0 Å². The maximum absolute atomic E-state index is 11.6. The van der Waals surface area contributed by atoms with Crippen LogP contribution in [0.25, 0.3) is 0 Å². The van der Waals surface area contributed by atoms with Gasteiger partial charge in [0.25, 0.3) is 0 Å². The molecule has 2 aliphatic rings. The third-order valence-electron chi connectivity index (χ3n) is 4.38. The van der Waals surface area contributed by atoms with Gasteiger partial charge in [0.1, 0.15) is 11.6 Å². The molecule has 3 rings (SSSR count). The van der Waals surface area contributed by atoms with Crippen molar-refractivity contribution in [2.24, 2.45) is 0 Å². The summed E-state index contributed by atoms with van der Waals surface area (Å²) in [7, 11) is 1.88. The van der Waals surface area contributed by atoms with Crippen molar-refractivity contribution in [3.05, 3.63) is 17.1 Å². The van der Waals surface area contributed by atoms with Gasteiger partial charge in [-0.2, -0.15) is 0 Å². The van der Waals surface area contributed by atoms with Crippen LogP contribution in [0.2, 0.25) is 0 Å². The van der Waals surface area contributed by atoms with Crippen molar-refractivity contribution in [1.82, 2.24) is 20.2 Å². The summed E-state index contributed by atoms with van der Waals surface area (Å²) < 4.78 is 0. The second-order valence-electron chi connectivity index (χ2n) is 5.80. The molecule has 21 heavy (non-hydrogen) atoms. The largest absolute Gasteiger partial charge is 0.373 e. The number of aromatic nitrogens is 2. The predicted molar refractivity (Wildman–Crippen MR) is 81.0 cm³/mol. The number of hydrogen-bond acceptors (Lipinski definition) is 5. The van der Waals surface area contributed by atoms with Crippen molar-refractivity contribution >= 4 is 11.7 Å². The molecule has 0 aromatic carbocycles. The normalized spacial score (nSPS) is 21.8. The van der Waals surface area contributed by atoms with E-state index in [9.17, 15) is 4.79 Å². The predicted octanol–water partition coefficient (Wildman–Crippen LogP) is 1.24. The van der Waals surface area contributed by atoms with E-state index in [-0.39, 0.29) is 11.9 Å². The fourth-order valence-electron chi connectivity index (χ4n) is 3.14.